The number of hydrogen-bond donors (Lipinski definition) is 1. The Hall–Kier alpha value is -2.23. The second-order valence-electron chi connectivity index (χ2n) is 2.98. The minimum atomic E-state index is -0.415. The first kappa shape index (κ1) is 11.8. The highest BCUT2D eigenvalue weighted by molar-refractivity contribution is 6.08. The number of hydrogen-bond acceptors (Lipinski definition) is 4. The van der Waals surface area contributed by atoms with Crippen LogP contribution in [0.4, 0.5) is 0 Å². The molecule has 0 bridgehead atoms. The van der Waals surface area contributed by atoms with Gasteiger partial charge in [-0.2, -0.15) is 0 Å². The summed E-state index contributed by atoms with van der Waals surface area (Å²) in [5.74, 6) is -0.415. The number of esters is 1. The molecule has 0 atom stereocenters. The quantitative estimate of drug-likeness (QED) is 0.360. The highest BCUT2D eigenvalue weighted by Gasteiger charge is 2.05. The highest BCUT2D eigenvalue weighted by Crippen LogP contribution is 2.06. The molecule has 0 aliphatic carbocycles. The zero-order chi connectivity index (χ0) is 12.0. The summed E-state index contributed by atoms with van der Waals surface area (Å²) in [7, 11) is 1.31. The summed E-state index contributed by atoms with van der Waals surface area (Å²) >= 11 is 0. The van der Waals surface area contributed by atoms with Gasteiger partial charge in [0.2, 0.25) is 0 Å². The number of nitrogens with one attached hydrogen (secondary N) is 1. The average Bonchev–Trinajstić information content (AvgIpc) is 2.35. The van der Waals surface area contributed by atoms with Gasteiger partial charge in [-0.25, -0.2) is 4.79 Å². The SMILES string of the molecule is COC(=O)c1ccc(C(=N)/C=C\C=O)cc1. The van der Waals surface area contributed by atoms with Crippen molar-refractivity contribution in [1.29, 1.82) is 5.41 Å². The molecular formula is C12H11NO3. The van der Waals surface area contributed by atoms with Crippen LogP contribution in [0.1, 0.15) is 15.9 Å². The maximum absolute atomic E-state index is 11.1. The van der Waals surface area contributed by atoms with E-state index in [1.165, 1.54) is 19.3 Å². The number of carbonyl (C=O) groups is 2. The standard InChI is InChI=1S/C12H11NO3/c1-16-12(15)10-6-4-9(5-7-10)11(13)3-2-8-14/h2-8,13H,1H3/b3-2-,13-11?. The molecule has 16 heavy (non-hydrogen) atoms. The molecule has 0 spiro atoms. The summed E-state index contributed by atoms with van der Waals surface area (Å²) < 4.78 is 4.55. The second-order valence-corrected chi connectivity index (χ2v) is 2.98. The number of rotatable bonds is 4. The fourth-order valence-corrected chi connectivity index (χ4v) is 1.14. The summed E-state index contributed by atoms with van der Waals surface area (Å²) in [4.78, 5) is 21.2. The van der Waals surface area contributed by atoms with Crippen LogP contribution in [0.5, 0.6) is 0 Å². The lowest BCUT2D eigenvalue weighted by atomic mass is 10.1. The fraction of sp³-hybridized carbons (Fsp3) is 0.0833. The molecule has 0 amide bonds. The number of aldehydes is 1. The van der Waals surface area contributed by atoms with Gasteiger partial charge in [0.15, 0.2) is 0 Å². The molecule has 82 valence electrons. The van der Waals surface area contributed by atoms with Gasteiger partial charge in [-0.1, -0.05) is 12.1 Å². The van der Waals surface area contributed by atoms with E-state index in [0.717, 1.165) is 0 Å². The van der Waals surface area contributed by atoms with Crippen LogP contribution in [0.15, 0.2) is 36.4 Å². The Morgan fingerprint density at radius 1 is 1.25 bits per heavy atom. The number of methoxy groups -OCH3 is 1. The van der Waals surface area contributed by atoms with Crippen LogP contribution in [0, 0.1) is 5.41 Å². The lowest BCUT2D eigenvalue weighted by molar-refractivity contribution is -0.104. The molecule has 0 fully saturated rings. The largest absolute Gasteiger partial charge is 0.465 e. The Morgan fingerprint density at radius 3 is 2.31 bits per heavy atom. The Bertz CT molecular complexity index is 432. The minimum absolute atomic E-state index is 0.212. The van der Waals surface area contributed by atoms with Crippen LogP contribution in [0.25, 0.3) is 0 Å². The van der Waals surface area contributed by atoms with Crippen LogP contribution in [0.2, 0.25) is 0 Å². The van der Waals surface area contributed by atoms with Crippen LogP contribution < -0.4 is 0 Å². The summed E-state index contributed by atoms with van der Waals surface area (Å²) in [6.07, 6.45) is 3.24. The van der Waals surface area contributed by atoms with Gasteiger partial charge in [-0.15, -0.1) is 0 Å². The number of benzene rings is 1. The molecule has 4 heteroatoms. The molecule has 0 saturated carbocycles. The Morgan fingerprint density at radius 2 is 1.81 bits per heavy atom. The van der Waals surface area contributed by atoms with Gasteiger partial charge in [0.25, 0.3) is 0 Å². The smallest absolute Gasteiger partial charge is 0.337 e. The molecule has 0 aliphatic rings. The van der Waals surface area contributed by atoms with Gasteiger partial charge in [0, 0.05) is 0 Å². The van der Waals surface area contributed by atoms with Crippen LogP contribution in [-0.4, -0.2) is 25.1 Å². The third kappa shape index (κ3) is 2.88. The van der Waals surface area contributed by atoms with Crippen LogP contribution in [0.3, 0.4) is 0 Å². The first-order chi connectivity index (χ1) is 7.69. The van der Waals surface area contributed by atoms with Crippen molar-refractivity contribution in [3.05, 3.63) is 47.5 Å². The third-order valence-electron chi connectivity index (χ3n) is 1.96. The first-order valence-corrected chi connectivity index (χ1v) is 4.58. The molecule has 1 rings (SSSR count). The fourth-order valence-electron chi connectivity index (χ4n) is 1.14. The summed E-state index contributed by atoms with van der Waals surface area (Å²) in [6.45, 7) is 0. The summed E-state index contributed by atoms with van der Waals surface area (Å²) in [5.41, 5.74) is 1.27. The zero-order valence-electron chi connectivity index (χ0n) is 8.77. The molecule has 0 aliphatic heterocycles. The van der Waals surface area contributed by atoms with Crippen LogP contribution >= 0.6 is 0 Å². The Balaban J connectivity index is 2.86. The molecule has 1 N–H and O–H groups in total. The average molecular weight is 217 g/mol. The lowest BCUT2D eigenvalue weighted by Crippen LogP contribution is -2.02. The predicted octanol–water partition coefficient (Wildman–Crippen LogP) is 1.60. The van der Waals surface area contributed by atoms with E-state index in [4.69, 9.17) is 5.41 Å². The molecule has 0 aromatic heterocycles. The van der Waals surface area contributed by atoms with Crippen molar-refractivity contribution < 1.29 is 14.3 Å². The van der Waals surface area contributed by atoms with E-state index < -0.39 is 5.97 Å². The lowest BCUT2D eigenvalue weighted by Gasteiger charge is -2.01. The van der Waals surface area contributed by atoms with E-state index in [-0.39, 0.29) is 5.71 Å². The van der Waals surface area contributed by atoms with Crippen molar-refractivity contribution in [2.24, 2.45) is 0 Å². The van der Waals surface area contributed by atoms with Gasteiger partial charge in [0.1, 0.15) is 6.29 Å². The molecule has 4 nitrogen and oxygen atoms in total. The molecule has 1 aromatic carbocycles. The maximum atomic E-state index is 11.1. The molecule has 0 unspecified atom stereocenters. The summed E-state index contributed by atoms with van der Waals surface area (Å²) in [5, 5.41) is 7.59. The first-order valence-electron chi connectivity index (χ1n) is 4.58. The van der Waals surface area contributed by atoms with E-state index >= 15 is 0 Å². The van der Waals surface area contributed by atoms with Gasteiger partial charge in [0.05, 0.1) is 18.4 Å². The minimum Gasteiger partial charge on any atom is -0.465 e. The second kappa shape index (κ2) is 5.60. The highest BCUT2D eigenvalue weighted by atomic mass is 16.5. The van der Waals surface area contributed by atoms with Gasteiger partial charge < -0.3 is 10.1 Å². The third-order valence-corrected chi connectivity index (χ3v) is 1.96. The van der Waals surface area contributed by atoms with Crippen molar-refractivity contribution in [2.45, 2.75) is 0 Å². The van der Waals surface area contributed by atoms with Crippen LogP contribution in [-0.2, 0) is 9.53 Å². The van der Waals surface area contributed by atoms with E-state index in [1.54, 1.807) is 24.3 Å². The normalized spacial score (nSPS) is 10.1. The Labute approximate surface area is 93.1 Å². The van der Waals surface area contributed by atoms with E-state index in [1.807, 2.05) is 0 Å². The van der Waals surface area contributed by atoms with Crippen molar-refractivity contribution in [3.8, 4) is 0 Å². The number of ether oxygens (including phenoxy) is 1. The summed E-state index contributed by atoms with van der Waals surface area (Å²) in [6, 6.07) is 6.41. The monoisotopic (exact) mass is 217 g/mol. The van der Waals surface area contributed by atoms with Gasteiger partial charge in [-0.05, 0) is 29.8 Å². The molecule has 0 heterocycles. The van der Waals surface area contributed by atoms with Crippen molar-refractivity contribution in [1.82, 2.24) is 0 Å². The zero-order valence-corrected chi connectivity index (χ0v) is 8.77. The number of carbonyl (C=O) groups excluding carboxylic acids is 2. The Kier molecular flexibility index (Phi) is 4.15. The maximum Gasteiger partial charge on any atom is 0.337 e. The van der Waals surface area contributed by atoms with Crippen molar-refractivity contribution in [2.75, 3.05) is 7.11 Å². The van der Waals surface area contributed by atoms with Gasteiger partial charge in [-0.3, -0.25) is 4.79 Å². The van der Waals surface area contributed by atoms with E-state index in [0.29, 0.717) is 17.4 Å². The molecular weight excluding hydrogens is 206 g/mol. The topological polar surface area (TPSA) is 67.2 Å². The van der Waals surface area contributed by atoms with Gasteiger partial charge >= 0.3 is 5.97 Å². The van der Waals surface area contributed by atoms with Crippen molar-refractivity contribution >= 4 is 18.0 Å². The predicted molar refractivity (Wildman–Crippen MR) is 59.8 cm³/mol. The number of allylic oxidation sites excluding steroid dienone is 2. The molecule has 0 radical (unpaired) electrons. The van der Waals surface area contributed by atoms with E-state index in [2.05, 4.69) is 4.74 Å². The molecule has 0 saturated heterocycles. The molecule has 1 aromatic rings. The van der Waals surface area contributed by atoms with Crippen molar-refractivity contribution in [3.63, 3.8) is 0 Å². The van der Waals surface area contributed by atoms with E-state index in [9.17, 15) is 9.59 Å².